The zero-order valence-electron chi connectivity index (χ0n) is 8.71. The second-order valence-electron chi connectivity index (χ2n) is 3.15. The molecular formula is C10H7FN2O3S. The minimum Gasteiger partial charge on any atom is -0.480 e. The van der Waals surface area contributed by atoms with E-state index in [4.69, 9.17) is 4.74 Å². The summed E-state index contributed by atoms with van der Waals surface area (Å²) in [5, 5.41) is 10.6. The first-order valence-electron chi connectivity index (χ1n) is 4.57. The van der Waals surface area contributed by atoms with Gasteiger partial charge in [-0.05, 0) is 17.6 Å². The highest BCUT2D eigenvalue weighted by Crippen LogP contribution is 2.32. The van der Waals surface area contributed by atoms with Crippen LogP contribution in [0, 0.1) is 15.9 Å². The molecule has 0 amide bonds. The first-order valence-corrected chi connectivity index (χ1v) is 5.34. The second-order valence-corrected chi connectivity index (χ2v) is 3.96. The highest BCUT2D eigenvalue weighted by Gasteiger charge is 2.14. The Balaban J connectivity index is 2.49. The number of aromatic nitrogens is 1. The van der Waals surface area contributed by atoms with Crippen molar-refractivity contribution < 1.29 is 14.1 Å². The zero-order chi connectivity index (χ0) is 12.4. The van der Waals surface area contributed by atoms with Crippen LogP contribution >= 0.6 is 11.5 Å². The monoisotopic (exact) mass is 254 g/mol. The van der Waals surface area contributed by atoms with Crippen LogP contribution in [0.4, 0.5) is 10.1 Å². The highest BCUT2D eigenvalue weighted by atomic mass is 32.1. The molecule has 0 saturated heterocycles. The quantitative estimate of drug-likeness (QED) is 0.624. The Bertz CT molecular complexity index is 570. The summed E-state index contributed by atoms with van der Waals surface area (Å²) in [4.78, 5) is 10.5. The van der Waals surface area contributed by atoms with Crippen LogP contribution in [0.15, 0.2) is 24.3 Å². The Morgan fingerprint density at radius 3 is 2.82 bits per heavy atom. The van der Waals surface area contributed by atoms with E-state index < -0.39 is 10.7 Å². The van der Waals surface area contributed by atoms with Gasteiger partial charge in [-0.2, -0.15) is 4.37 Å². The number of nitro benzene ring substituents is 1. The molecule has 0 aliphatic rings. The molecule has 0 N–H and O–H groups in total. The number of benzene rings is 1. The van der Waals surface area contributed by atoms with Gasteiger partial charge < -0.3 is 4.74 Å². The number of non-ortho nitro benzene ring substituents is 1. The molecule has 7 heteroatoms. The van der Waals surface area contributed by atoms with Gasteiger partial charge in [0.15, 0.2) is 0 Å². The van der Waals surface area contributed by atoms with E-state index >= 15 is 0 Å². The smallest absolute Gasteiger partial charge is 0.270 e. The third kappa shape index (κ3) is 2.23. The average Bonchev–Trinajstić information content (AvgIpc) is 2.77. The maximum absolute atomic E-state index is 13.5. The molecule has 17 heavy (non-hydrogen) atoms. The van der Waals surface area contributed by atoms with Gasteiger partial charge in [0, 0.05) is 23.8 Å². The van der Waals surface area contributed by atoms with Crippen molar-refractivity contribution in [1.29, 1.82) is 0 Å². The Morgan fingerprint density at radius 1 is 1.47 bits per heavy atom. The molecule has 2 rings (SSSR count). The first-order chi connectivity index (χ1) is 8.11. The largest absolute Gasteiger partial charge is 0.480 e. The molecule has 2 aromatic rings. The molecule has 1 aromatic carbocycles. The number of nitrogens with zero attached hydrogens (tertiary/aromatic N) is 2. The SMILES string of the molecule is COc1cc(-c2cc([N+](=O)[O-])ccc2F)sn1. The van der Waals surface area contributed by atoms with Crippen molar-refractivity contribution in [2.75, 3.05) is 7.11 Å². The number of nitro groups is 1. The molecule has 88 valence electrons. The summed E-state index contributed by atoms with van der Waals surface area (Å²) >= 11 is 1.02. The lowest BCUT2D eigenvalue weighted by Crippen LogP contribution is -1.90. The lowest BCUT2D eigenvalue weighted by molar-refractivity contribution is -0.384. The fourth-order valence-corrected chi connectivity index (χ4v) is 2.02. The van der Waals surface area contributed by atoms with Gasteiger partial charge in [-0.1, -0.05) is 0 Å². The van der Waals surface area contributed by atoms with Crippen molar-refractivity contribution in [3.8, 4) is 16.3 Å². The lowest BCUT2D eigenvalue weighted by Gasteiger charge is -1.98. The van der Waals surface area contributed by atoms with E-state index in [-0.39, 0.29) is 11.3 Å². The third-order valence-corrected chi connectivity index (χ3v) is 2.93. The summed E-state index contributed by atoms with van der Waals surface area (Å²) in [6, 6.07) is 4.91. The molecule has 0 aliphatic carbocycles. The Hall–Kier alpha value is -2.02. The molecule has 0 fully saturated rings. The molecule has 0 aliphatic heterocycles. The van der Waals surface area contributed by atoms with E-state index in [1.54, 1.807) is 0 Å². The fourth-order valence-electron chi connectivity index (χ4n) is 1.30. The van der Waals surface area contributed by atoms with Crippen molar-refractivity contribution >= 4 is 17.2 Å². The van der Waals surface area contributed by atoms with Crippen molar-refractivity contribution in [2.24, 2.45) is 0 Å². The summed E-state index contributed by atoms with van der Waals surface area (Å²) in [6.07, 6.45) is 0. The van der Waals surface area contributed by atoms with E-state index in [1.165, 1.54) is 19.2 Å². The number of hydrogen-bond donors (Lipinski definition) is 0. The molecule has 1 aromatic heterocycles. The molecule has 5 nitrogen and oxygen atoms in total. The topological polar surface area (TPSA) is 65.3 Å². The van der Waals surface area contributed by atoms with Gasteiger partial charge in [0.1, 0.15) is 5.82 Å². The van der Waals surface area contributed by atoms with Crippen LogP contribution in [0.2, 0.25) is 0 Å². The van der Waals surface area contributed by atoms with Gasteiger partial charge in [-0.3, -0.25) is 10.1 Å². The maximum Gasteiger partial charge on any atom is 0.270 e. The van der Waals surface area contributed by atoms with E-state index in [1.807, 2.05) is 0 Å². The van der Waals surface area contributed by atoms with Crippen LogP contribution in [0.5, 0.6) is 5.88 Å². The number of halogens is 1. The van der Waals surface area contributed by atoms with Crippen LogP contribution in [0.3, 0.4) is 0 Å². The third-order valence-electron chi connectivity index (χ3n) is 2.12. The van der Waals surface area contributed by atoms with Gasteiger partial charge in [0.05, 0.1) is 16.9 Å². The standard InChI is InChI=1S/C10H7FN2O3S/c1-16-10-5-9(17-12-10)7-4-6(13(14)15)2-3-8(7)11/h2-5H,1H3. The summed E-state index contributed by atoms with van der Waals surface area (Å²) in [5.41, 5.74) is -0.00577. The Labute approximate surface area is 99.8 Å². The van der Waals surface area contributed by atoms with Crippen molar-refractivity contribution in [3.05, 3.63) is 40.2 Å². The van der Waals surface area contributed by atoms with Crippen LogP contribution in [-0.4, -0.2) is 16.4 Å². The summed E-state index contributed by atoms with van der Waals surface area (Å²) in [5.74, 6) is -0.169. The normalized spacial score (nSPS) is 10.2. The lowest BCUT2D eigenvalue weighted by atomic mass is 10.1. The summed E-state index contributed by atoms with van der Waals surface area (Å²) < 4.78 is 22.3. The van der Waals surface area contributed by atoms with Crippen LogP contribution in [-0.2, 0) is 0 Å². The Kier molecular flexibility index (Phi) is 3.01. The molecule has 0 saturated carbocycles. The second kappa shape index (κ2) is 4.46. The highest BCUT2D eigenvalue weighted by molar-refractivity contribution is 7.09. The van der Waals surface area contributed by atoms with Gasteiger partial charge in [-0.25, -0.2) is 4.39 Å². The van der Waals surface area contributed by atoms with Crippen molar-refractivity contribution in [3.63, 3.8) is 0 Å². The van der Waals surface area contributed by atoms with Gasteiger partial charge in [0.25, 0.3) is 5.69 Å². The zero-order valence-corrected chi connectivity index (χ0v) is 9.53. The number of rotatable bonds is 3. The first kappa shape index (κ1) is 11.5. The van der Waals surface area contributed by atoms with Crippen LogP contribution < -0.4 is 4.74 Å². The minimum atomic E-state index is -0.568. The van der Waals surface area contributed by atoms with Gasteiger partial charge in [-0.15, -0.1) is 0 Å². The molecule has 0 bridgehead atoms. The number of methoxy groups -OCH3 is 1. The Morgan fingerprint density at radius 2 is 2.24 bits per heavy atom. The molecule has 0 unspecified atom stereocenters. The van der Waals surface area contributed by atoms with Crippen LogP contribution in [0.25, 0.3) is 10.4 Å². The van der Waals surface area contributed by atoms with E-state index in [0.29, 0.717) is 10.8 Å². The number of hydrogen-bond acceptors (Lipinski definition) is 5. The van der Waals surface area contributed by atoms with E-state index in [0.717, 1.165) is 23.7 Å². The van der Waals surface area contributed by atoms with Gasteiger partial charge in [0.2, 0.25) is 5.88 Å². The van der Waals surface area contributed by atoms with Crippen molar-refractivity contribution in [1.82, 2.24) is 4.37 Å². The summed E-state index contributed by atoms with van der Waals surface area (Å²) in [6.45, 7) is 0. The van der Waals surface area contributed by atoms with E-state index in [2.05, 4.69) is 4.37 Å². The van der Waals surface area contributed by atoms with Crippen molar-refractivity contribution in [2.45, 2.75) is 0 Å². The molecule has 0 spiro atoms. The van der Waals surface area contributed by atoms with Crippen LogP contribution in [0.1, 0.15) is 0 Å². The predicted octanol–water partition coefficient (Wildman–Crippen LogP) is 2.87. The predicted molar refractivity (Wildman–Crippen MR) is 60.7 cm³/mol. The summed E-state index contributed by atoms with van der Waals surface area (Å²) in [7, 11) is 1.45. The minimum absolute atomic E-state index is 0.153. The average molecular weight is 254 g/mol. The molecule has 0 radical (unpaired) electrons. The molecule has 1 heterocycles. The fraction of sp³-hybridized carbons (Fsp3) is 0.100. The maximum atomic E-state index is 13.5. The molecule has 0 atom stereocenters. The molecular weight excluding hydrogens is 247 g/mol. The van der Waals surface area contributed by atoms with Gasteiger partial charge >= 0.3 is 0 Å². The number of ether oxygens (including phenoxy) is 1. The van der Waals surface area contributed by atoms with E-state index in [9.17, 15) is 14.5 Å².